The van der Waals surface area contributed by atoms with Gasteiger partial charge in [0.2, 0.25) is 0 Å². The average molecular weight is 355 g/mol. The molecule has 0 fully saturated rings. The van der Waals surface area contributed by atoms with Crippen molar-refractivity contribution in [3.05, 3.63) is 29.3 Å². The molecule has 140 valence electrons. The number of carboxylic acids is 1. The molecule has 0 radical (unpaired) electrons. The summed E-state index contributed by atoms with van der Waals surface area (Å²) >= 11 is 0. The number of benzene rings is 1. The van der Waals surface area contributed by atoms with E-state index in [0.717, 1.165) is 0 Å². The number of hydrogen-bond donors (Lipinski definition) is 4. The highest BCUT2D eigenvalue weighted by Crippen LogP contribution is 2.29. The molecular formula is C17H25NO7. The number of hydrogen-bond acceptors (Lipinski definition) is 6. The van der Waals surface area contributed by atoms with E-state index in [-0.39, 0.29) is 29.8 Å². The van der Waals surface area contributed by atoms with Crippen molar-refractivity contribution in [1.29, 1.82) is 0 Å². The van der Waals surface area contributed by atoms with Crippen LogP contribution < -0.4 is 10.1 Å². The normalized spacial score (nSPS) is 13.7. The Balaban J connectivity index is 2.73. The highest BCUT2D eigenvalue weighted by atomic mass is 16.6. The van der Waals surface area contributed by atoms with Gasteiger partial charge in [-0.25, -0.2) is 9.59 Å². The number of nitrogens with one attached hydrogen (secondary N) is 1. The minimum Gasteiger partial charge on any atom is -0.496 e. The second kappa shape index (κ2) is 8.68. The van der Waals surface area contributed by atoms with Crippen LogP contribution in [0.5, 0.6) is 5.75 Å². The van der Waals surface area contributed by atoms with Crippen LogP contribution in [0.25, 0.3) is 0 Å². The molecule has 0 aliphatic rings. The van der Waals surface area contributed by atoms with E-state index in [9.17, 15) is 24.9 Å². The molecule has 0 bridgehead atoms. The van der Waals surface area contributed by atoms with E-state index < -0.39 is 29.9 Å². The largest absolute Gasteiger partial charge is 0.496 e. The molecular weight excluding hydrogens is 330 g/mol. The van der Waals surface area contributed by atoms with Crippen LogP contribution in [-0.2, 0) is 4.74 Å². The summed E-state index contributed by atoms with van der Waals surface area (Å²) in [6, 6.07) is 4.38. The van der Waals surface area contributed by atoms with E-state index in [2.05, 4.69) is 5.32 Å². The van der Waals surface area contributed by atoms with Crippen molar-refractivity contribution in [3.8, 4) is 5.75 Å². The first-order valence-electron chi connectivity index (χ1n) is 7.80. The maximum absolute atomic E-state index is 11.5. The van der Waals surface area contributed by atoms with Gasteiger partial charge in [-0.3, -0.25) is 0 Å². The van der Waals surface area contributed by atoms with Crippen LogP contribution in [0.1, 0.15) is 49.2 Å². The Hall–Kier alpha value is -2.32. The minimum absolute atomic E-state index is 0.0106. The highest BCUT2D eigenvalue weighted by Gasteiger charge is 2.26. The quantitative estimate of drug-likeness (QED) is 0.586. The van der Waals surface area contributed by atoms with Gasteiger partial charge < -0.3 is 30.1 Å². The first-order chi connectivity index (χ1) is 11.6. The summed E-state index contributed by atoms with van der Waals surface area (Å²) in [4.78, 5) is 23.0. The fraction of sp³-hybridized carbons (Fsp3) is 0.529. The standard InChI is InChI=1S/C17H25NO7/c1-17(2,3)25-16(23)18-9-8-11(19)14(20)10-6-5-7-12(24-4)13(10)15(21)22/h5-7,11,14,19-20H,8-9H2,1-4H3,(H,18,23)(H,21,22). The fourth-order valence-corrected chi connectivity index (χ4v) is 2.19. The Morgan fingerprint density at radius 3 is 2.40 bits per heavy atom. The predicted molar refractivity (Wildman–Crippen MR) is 89.8 cm³/mol. The number of carboxylic acid groups (broad SMARTS) is 1. The van der Waals surface area contributed by atoms with Gasteiger partial charge in [-0.2, -0.15) is 0 Å². The van der Waals surface area contributed by atoms with Gasteiger partial charge >= 0.3 is 12.1 Å². The van der Waals surface area contributed by atoms with Gasteiger partial charge in [0.05, 0.1) is 13.2 Å². The molecule has 8 heteroatoms. The van der Waals surface area contributed by atoms with Crippen molar-refractivity contribution in [3.63, 3.8) is 0 Å². The van der Waals surface area contributed by atoms with Crippen LogP contribution in [-0.4, -0.2) is 52.7 Å². The van der Waals surface area contributed by atoms with Crippen LogP contribution in [0, 0.1) is 0 Å². The zero-order valence-corrected chi connectivity index (χ0v) is 14.8. The van der Waals surface area contributed by atoms with Crippen molar-refractivity contribution >= 4 is 12.1 Å². The van der Waals surface area contributed by atoms with Crippen molar-refractivity contribution in [2.45, 2.75) is 45.0 Å². The third-order valence-electron chi connectivity index (χ3n) is 3.28. The summed E-state index contributed by atoms with van der Waals surface area (Å²) in [5, 5.41) is 32.2. The molecule has 0 saturated carbocycles. The number of aliphatic hydroxyl groups is 2. The van der Waals surface area contributed by atoms with Crippen LogP contribution >= 0.6 is 0 Å². The summed E-state index contributed by atoms with van der Waals surface area (Å²) in [6.07, 6.45) is -3.35. The van der Waals surface area contributed by atoms with Crippen LogP contribution in [0.15, 0.2) is 18.2 Å². The molecule has 0 heterocycles. The zero-order valence-electron chi connectivity index (χ0n) is 14.8. The molecule has 1 aromatic carbocycles. The SMILES string of the molecule is COc1cccc(C(O)C(O)CCNC(=O)OC(C)(C)C)c1C(=O)O. The van der Waals surface area contributed by atoms with Gasteiger partial charge in [-0.15, -0.1) is 0 Å². The van der Waals surface area contributed by atoms with E-state index >= 15 is 0 Å². The molecule has 0 aromatic heterocycles. The number of methoxy groups -OCH3 is 1. The second-order valence-electron chi connectivity index (χ2n) is 6.46. The van der Waals surface area contributed by atoms with Gasteiger partial charge in [0.1, 0.15) is 23.0 Å². The van der Waals surface area contributed by atoms with Gasteiger partial charge in [0.25, 0.3) is 0 Å². The molecule has 25 heavy (non-hydrogen) atoms. The third kappa shape index (κ3) is 6.24. The summed E-state index contributed by atoms with van der Waals surface area (Å²) in [5.74, 6) is -1.19. The third-order valence-corrected chi connectivity index (χ3v) is 3.28. The highest BCUT2D eigenvalue weighted by molar-refractivity contribution is 5.92. The molecule has 0 aliphatic carbocycles. The molecule has 4 N–H and O–H groups in total. The predicted octanol–water partition coefficient (Wildman–Crippen LogP) is 1.70. The lowest BCUT2D eigenvalue weighted by Gasteiger charge is -2.22. The fourth-order valence-electron chi connectivity index (χ4n) is 2.19. The van der Waals surface area contributed by atoms with Gasteiger partial charge in [-0.05, 0) is 33.3 Å². The Morgan fingerprint density at radius 1 is 1.24 bits per heavy atom. The number of rotatable bonds is 7. The van der Waals surface area contributed by atoms with E-state index in [1.807, 2.05) is 0 Å². The Morgan fingerprint density at radius 2 is 1.88 bits per heavy atom. The molecule has 1 rings (SSSR count). The molecule has 8 nitrogen and oxygen atoms in total. The number of aromatic carboxylic acids is 1. The van der Waals surface area contributed by atoms with Crippen molar-refractivity contribution < 1.29 is 34.4 Å². The Kier molecular flexibility index (Phi) is 7.20. The summed E-state index contributed by atoms with van der Waals surface area (Å²) in [5.41, 5.74) is -0.813. The number of carbonyl (C=O) groups excluding carboxylic acids is 1. The Labute approximate surface area is 146 Å². The molecule has 2 atom stereocenters. The lowest BCUT2D eigenvalue weighted by molar-refractivity contribution is 0.0114. The lowest BCUT2D eigenvalue weighted by atomic mass is 9.96. The number of amides is 1. The topological polar surface area (TPSA) is 125 Å². The van der Waals surface area contributed by atoms with Gasteiger partial charge in [-0.1, -0.05) is 12.1 Å². The molecule has 1 aromatic rings. The van der Waals surface area contributed by atoms with E-state index in [4.69, 9.17) is 9.47 Å². The van der Waals surface area contributed by atoms with E-state index in [0.29, 0.717) is 0 Å². The monoisotopic (exact) mass is 355 g/mol. The first kappa shape index (κ1) is 20.7. The number of ether oxygens (including phenoxy) is 2. The summed E-state index contributed by atoms with van der Waals surface area (Å²) in [6.45, 7) is 5.23. The first-order valence-corrected chi connectivity index (χ1v) is 7.80. The Bertz CT molecular complexity index is 610. The molecule has 2 unspecified atom stereocenters. The van der Waals surface area contributed by atoms with Gasteiger partial charge in [0.15, 0.2) is 0 Å². The molecule has 1 amide bonds. The lowest BCUT2D eigenvalue weighted by Crippen LogP contribution is -2.34. The van der Waals surface area contributed by atoms with Crippen LogP contribution in [0.3, 0.4) is 0 Å². The summed E-state index contributed by atoms with van der Waals surface area (Å²) in [7, 11) is 1.32. The molecule has 0 spiro atoms. The van der Waals surface area contributed by atoms with Crippen molar-refractivity contribution in [1.82, 2.24) is 5.32 Å². The second-order valence-corrected chi connectivity index (χ2v) is 6.46. The average Bonchev–Trinajstić information content (AvgIpc) is 2.51. The summed E-state index contributed by atoms with van der Waals surface area (Å²) < 4.78 is 10.0. The number of alkyl carbamates (subject to hydrolysis) is 1. The number of carbonyl (C=O) groups is 2. The minimum atomic E-state index is -1.44. The van der Waals surface area contributed by atoms with Gasteiger partial charge in [0, 0.05) is 12.1 Å². The molecule has 0 saturated heterocycles. The maximum Gasteiger partial charge on any atom is 0.407 e. The smallest absolute Gasteiger partial charge is 0.407 e. The van der Waals surface area contributed by atoms with Crippen molar-refractivity contribution in [2.75, 3.05) is 13.7 Å². The van der Waals surface area contributed by atoms with Crippen LogP contribution in [0.2, 0.25) is 0 Å². The zero-order chi connectivity index (χ0) is 19.2. The van der Waals surface area contributed by atoms with E-state index in [1.54, 1.807) is 20.8 Å². The molecule has 0 aliphatic heterocycles. The van der Waals surface area contributed by atoms with E-state index in [1.165, 1.54) is 25.3 Å². The van der Waals surface area contributed by atoms with Crippen LogP contribution in [0.4, 0.5) is 4.79 Å². The van der Waals surface area contributed by atoms with Crippen molar-refractivity contribution in [2.24, 2.45) is 0 Å². The maximum atomic E-state index is 11.5. The number of aliphatic hydroxyl groups excluding tert-OH is 2.